The number of piperidine rings is 1. The van der Waals surface area contributed by atoms with E-state index < -0.39 is 10.0 Å². The topological polar surface area (TPSA) is 91.8 Å². The monoisotopic (exact) mass is 512 g/mol. The molecule has 1 unspecified atom stereocenters. The molecular weight excluding hydrogens is 476 g/mol. The van der Waals surface area contributed by atoms with E-state index in [-0.39, 0.29) is 16.7 Å². The summed E-state index contributed by atoms with van der Waals surface area (Å²) in [6.07, 6.45) is 10.0. The van der Waals surface area contributed by atoms with Crippen LogP contribution in [0.25, 0.3) is 10.9 Å². The average Bonchev–Trinajstić information content (AvgIpc) is 2.93. The Morgan fingerprint density at radius 3 is 2.75 bits per heavy atom. The molecule has 1 aliphatic carbocycles. The van der Waals surface area contributed by atoms with Crippen molar-refractivity contribution < 1.29 is 17.9 Å². The van der Waals surface area contributed by atoms with Crippen LogP contribution >= 0.6 is 0 Å². The Morgan fingerprint density at radius 1 is 1.08 bits per heavy atom. The minimum atomic E-state index is -3.55. The van der Waals surface area contributed by atoms with Crippen LogP contribution in [0, 0.1) is 5.92 Å². The molecule has 9 heteroatoms. The van der Waals surface area contributed by atoms with E-state index >= 15 is 0 Å². The lowest BCUT2D eigenvalue weighted by Gasteiger charge is -2.33. The number of pyridine rings is 1. The molecule has 0 bridgehead atoms. The molecule has 0 saturated carbocycles. The maximum absolute atomic E-state index is 13.0. The van der Waals surface area contributed by atoms with E-state index in [4.69, 9.17) is 9.72 Å². The molecule has 5 rings (SSSR count). The molecule has 2 fully saturated rings. The van der Waals surface area contributed by atoms with Crippen molar-refractivity contribution in [3.05, 3.63) is 42.0 Å². The van der Waals surface area contributed by atoms with Crippen molar-refractivity contribution >= 4 is 32.7 Å². The van der Waals surface area contributed by atoms with Gasteiger partial charge < -0.3 is 15.0 Å². The normalized spacial score (nSPS) is 21.8. The van der Waals surface area contributed by atoms with Gasteiger partial charge in [-0.1, -0.05) is 11.6 Å². The SMILES string of the molecule is O=C(NCCC1=CCCCC1)C1CCCN(c2ccc3cc(S(=O)(=O)N4CCOCC4)ccc3n2)C1. The number of carbonyl (C=O) groups excluding carboxylic acids is 1. The number of carbonyl (C=O) groups is 1. The standard InChI is InChI=1S/C27H36N4O4S/c32-27(28-13-12-21-5-2-1-3-6-21)23-7-4-14-30(20-23)26-11-8-22-19-24(9-10-25(22)29-26)36(33,34)31-15-17-35-18-16-31/h5,8-11,19,23H,1-4,6-7,12-18,20H2,(H,28,32). The Labute approximate surface area is 213 Å². The van der Waals surface area contributed by atoms with E-state index in [9.17, 15) is 13.2 Å². The first-order valence-corrected chi connectivity index (χ1v) is 14.6. The summed E-state index contributed by atoms with van der Waals surface area (Å²) in [5, 5.41) is 3.94. The number of allylic oxidation sites excluding steroid dienone is 1. The molecule has 3 heterocycles. The van der Waals surface area contributed by atoms with E-state index in [2.05, 4.69) is 16.3 Å². The first kappa shape index (κ1) is 25.2. The maximum atomic E-state index is 13.0. The van der Waals surface area contributed by atoms with Gasteiger partial charge in [-0.25, -0.2) is 13.4 Å². The Bertz CT molecular complexity index is 1220. The Morgan fingerprint density at radius 2 is 1.94 bits per heavy atom. The summed E-state index contributed by atoms with van der Waals surface area (Å²) in [6, 6.07) is 8.98. The maximum Gasteiger partial charge on any atom is 0.243 e. The molecule has 2 saturated heterocycles. The number of aromatic nitrogens is 1. The molecule has 2 aromatic rings. The van der Waals surface area contributed by atoms with Gasteiger partial charge in [-0.05, 0) is 75.3 Å². The third-order valence-electron chi connectivity index (χ3n) is 7.50. The Balaban J connectivity index is 1.22. The second-order valence-corrected chi connectivity index (χ2v) is 11.9. The number of rotatable bonds is 7. The zero-order valence-corrected chi connectivity index (χ0v) is 21.6. The van der Waals surface area contributed by atoms with Crippen LogP contribution in [0.1, 0.15) is 44.9 Å². The lowest BCUT2D eigenvalue weighted by Crippen LogP contribution is -2.43. The number of sulfonamides is 1. The quantitative estimate of drug-likeness (QED) is 0.571. The molecule has 1 N–H and O–H groups in total. The van der Waals surface area contributed by atoms with Crippen molar-refractivity contribution in [2.45, 2.75) is 49.8 Å². The number of hydrogen-bond donors (Lipinski definition) is 1. The molecule has 3 aliphatic rings. The Kier molecular flexibility index (Phi) is 7.88. The van der Waals surface area contributed by atoms with Crippen LogP contribution < -0.4 is 10.2 Å². The number of benzene rings is 1. The molecule has 0 radical (unpaired) electrons. The van der Waals surface area contributed by atoms with E-state index in [1.54, 1.807) is 18.2 Å². The van der Waals surface area contributed by atoms with Gasteiger partial charge in [0.15, 0.2) is 0 Å². The largest absolute Gasteiger partial charge is 0.379 e. The van der Waals surface area contributed by atoms with Crippen LogP contribution in [-0.2, 0) is 19.6 Å². The van der Waals surface area contributed by atoms with Crippen molar-refractivity contribution in [1.29, 1.82) is 0 Å². The average molecular weight is 513 g/mol. The van der Waals surface area contributed by atoms with E-state index in [0.717, 1.165) is 42.5 Å². The number of anilines is 1. The van der Waals surface area contributed by atoms with Crippen molar-refractivity contribution in [3.63, 3.8) is 0 Å². The van der Waals surface area contributed by atoms with Gasteiger partial charge >= 0.3 is 0 Å². The first-order chi connectivity index (χ1) is 17.5. The van der Waals surface area contributed by atoms with Gasteiger partial charge in [-0.3, -0.25) is 4.79 Å². The summed E-state index contributed by atoms with van der Waals surface area (Å²) < 4.78 is 32.8. The van der Waals surface area contributed by atoms with Gasteiger partial charge in [-0.15, -0.1) is 0 Å². The Hall–Kier alpha value is -2.49. The molecule has 194 valence electrons. The third-order valence-corrected chi connectivity index (χ3v) is 9.39. The number of morpholine rings is 1. The fraction of sp³-hybridized carbons (Fsp3) is 0.556. The number of nitrogens with one attached hydrogen (secondary N) is 1. The number of nitrogens with zero attached hydrogens (tertiary/aromatic N) is 3. The predicted molar refractivity (Wildman–Crippen MR) is 140 cm³/mol. The molecule has 1 atom stereocenters. The zero-order valence-electron chi connectivity index (χ0n) is 20.8. The minimum absolute atomic E-state index is 0.0439. The molecule has 0 spiro atoms. The summed E-state index contributed by atoms with van der Waals surface area (Å²) in [5.74, 6) is 0.920. The van der Waals surface area contributed by atoms with Gasteiger partial charge in [0.05, 0.1) is 29.5 Å². The van der Waals surface area contributed by atoms with Crippen LogP contribution in [-0.4, -0.2) is 69.6 Å². The molecule has 1 amide bonds. The summed E-state index contributed by atoms with van der Waals surface area (Å²) in [7, 11) is -3.55. The van der Waals surface area contributed by atoms with E-state index in [0.29, 0.717) is 39.4 Å². The lowest BCUT2D eigenvalue weighted by molar-refractivity contribution is -0.125. The van der Waals surface area contributed by atoms with Crippen molar-refractivity contribution in [2.75, 3.05) is 50.8 Å². The highest BCUT2D eigenvalue weighted by Crippen LogP contribution is 2.27. The smallest absolute Gasteiger partial charge is 0.243 e. The summed E-state index contributed by atoms with van der Waals surface area (Å²) in [5.41, 5.74) is 2.23. The third kappa shape index (κ3) is 5.74. The van der Waals surface area contributed by atoms with Crippen molar-refractivity contribution in [1.82, 2.24) is 14.6 Å². The molecule has 1 aromatic carbocycles. The summed E-state index contributed by atoms with van der Waals surface area (Å²) >= 11 is 0. The minimum Gasteiger partial charge on any atom is -0.379 e. The van der Waals surface area contributed by atoms with Crippen molar-refractivity contribution in [2.24, 2.45) is 5.92 Å². The second-order valence-electron chi connectivity index (χ2n) is 9.97. The van der Waals surface area contributed by atoms with E-state index in [1.165, 1.54) is 35.6 Å². The van der Waals surface area contributed by atoms with Crippen LogP contribution in [0.5, 0.6) is 0 Å². The highest BCUT2D eigenvalue weighted by atomic mass is 32.2. The number of fused-ring (bicyclic) bond motifs is 1. The molecular formula is C27H36N4O4S. The van der Waals surface area contributed by atoms with Gasteiger partial charge in [0.2, 0.25) is 15.9 Å². The van der Waals surface area contributed by atoms with Gasteiger partial charge in [0.25, 0.3) is 0 Å². The van der Waals surface area contributed by atoms with Crippen LogP contribution in [0.4, 0.5) is 5.82 Å². The first-order valence-electron chi connectivity index (χ1n) is 13.2. The fourth-order valence-corrected chi connectivity index (χ4v) is 6.83. The summed E-state index contributed by atoms with van der Waals surface area (Å²) in [4.78, 5) is 20.1. The molecule has 1 aromatic heterocycles. The number of amides is 1. The molecule has 8 nitrogen and oxygen atoms in total. The highest BCUT2D eigenvalue weighted by Gasteiger charge is 2.28. The molecule has 36 heavy (non-hydrogen) atoms. The van der Waals surface area contributed by atoms with Crippen molar-refractivity contribution in [3.8, 4) is 0 Å². The van der Waals surface area contributed by atoms with Crippen LogP contribution in [0.3, 0.4) is 0 Å². The highest BCUT2D eigenvalue weighted by molar-refractivity contribution is 7.89. The zero-order chi connectivity index (χ0) is 25.0. The van der Waals surface area contributed by atoms with E-state index in [1.807, 2.05) is 12.1 Å². The second kappa shape index (κ2) is 11.3. The number of ether oxygens (including phenoxy) is 1. The predicted octanol–water partition coefficient (Wildman–Crippen LogP) is 3.48. The molecule has 2 aliphatic heterocycles. The van der Waals surface area contributed by atoms with Gasteiger partial charge in [-0.2, -0.15) is 4.31 Å². The fourth-order valence-electron chi connectivity index (χ4n) is 5.39. The van der Waals surface area contributed by atoms with Gasteiger partial charge in [0.1, 0.15) is 5.82 Å². The van der Waals surface area contributed by atoms with Gasteiger partial charge in [0, 0.05) is 38.1 Å². The number of hydrogen-bond acceptors (Lipinski definition) is 6. The van der Waals surface area contributed by atoms with Crippen LogP contribution in [0.2, 0.25) is 0 Å². The summed E-state index contributed by atoms with van der Waals surface area (Å²) in [6.45, 7) is 3.81. The lowest BCUT2D eigenvalue weighted by atomic mass is 9.96. The van der Waals surface area contributed by atoms with Crippen LogP contribution in [0.15, 0.2) is 46.9 Å².